The summed E-state index contributed by atoms with van der Waals surface area (Å²) >= 11 is 0. The number of fused-ring (bicyclic) bond motifs is 1. The summed E-state index contributed by atoms with van der Waals surface area (Å²) in [5.41, 5.74) is 1.62. The predicted octanol–water partition coefficient (Wildman–Crippen LogP) is 4.09. The minimum atomic E-state index is -4.58. The van der Waals surface area contributed by atoms with E-state index in [2.05, 4.69) is 20.6 Å². The van der Waals surface area contributed by atoms with Gasteiger partial charge in [-0.1, -0.05) is 17.3 Å². The molecule has 1 amide bonds. The number of nitrogens with zero attached hydrogens (tertiary/aromatic N) is 5. The topological polar surface area (TPSA) is 95.6 Å². The van der Waals surface area contributed by atoms with Crippen molar-refractivity contribution >= 4 is 28.7 Å². The lowest BCUT2D eigenvalue weighted by atomic mass is 10.1. The molecule has 0 unspecified atom stereocenters. The van der Waals surface area contributed by atoms with Crippen LogP contribution in [0.3, 0.4) is 0 Å². The highest BCUT2D eigenvalue weighted by atomic mass is 19.4. The fourth-order valence-corrected chi connectivity index (χ4v) is 4.20. The zero-order chi connectivity index (χ0) is 24.7. The molecule has 3 aromatic rings. The molecule has 5 rings (SSSR count). The molecule has 1 aliphatic heterocycles. The van der Waals surface area contributed by atoms with Gasteiger partial charge in [-0.25, -0.2) is 4.68 Å². The van der Waals surface area contributed by atoms with Gasteiger partial charge >= 0.3 is 6.18 Å². The van der Waals surface area contributed by atoms with E-state index in [9.17, 15) is 23.1 Å². The van der Waals surface area contributed by atoms with Crippen LogP contribution in [0, 0.1) is 5.92 Å². The van der Waals surface area contributed by atoms with Crippen molar-refractivity contribution < 1.29 is 23.1 Å². The number of amides is 1. The molecule has 2 heterocycles. The Kier molecular flexibility index (Phi) is 5.79. The van der Waals surface area contributed by atoms with Crippen LogP contribution >= 0.6 is 0 Å². The first kappa shape index (κ1) is 23.0. The number of aliphatic imine (C=N–C) groups is 1. The number of aliphatic hydroxyl groups excluding tert-OH is 1. The number of anilines is 2. The Labute approximate surface area is 199 Å². The summed E-state index contributed by atoms with van der Waals surface area (Å²) in [5, 5.41) is 19.9. The maximum Gasteiger partial charge on any atom is 0.418 e. The summed E-state index contributed by atoms with van der Waals surface area (Å²) in [4.78, 5) is 18.9. The molecule has 11 heteroatoms. The SMILES string of the molecule is CN(CC1CC1)c1cc2c(cc1C(F)(F)F)NC(=O)CC(c1cccc(-n3nncc3CO)c1)=N2. The molecule has 2 N–H and O–H groups in total. The number of carbonyl (C=O) groups excluding carboxylic acids is 1. The molecule has 2 aliphatic rings. The fraction of sp³-hybridized carbons (Fsp3) is 0.333. The van der Waals surface area contributed by atoms with Crippen molar-refractivity contribution in [2.45, 2.75) is 32.0 Å². The Morgan fingerprint density at radius 1 is 1.23 bits per heavy atom. The van der Waals surface area contributed by atoms with Crippen LogP contribution < -0.4 is 10.2 Å². The molecule has 1 aromatic heterocycles. The Balaban J connectivity index is 1.59. The lowest BCUT2D eigenvalue weighted by Gasteiger charge is -2.25. The average molecular weight is 484 g/mol. The number of halogens is 3. The van der Waals surface area contributed by atoms with Gasteiger partial charge in [-0.3, -0.25) is 9.79 Å². The second-order valence-electron chi connectivity index (χ2n) is 8.84. The molecule has 1 fully saturated rings. The summed E-state index contributed by atoms with van der Waals surface area (Å²) in [7, 11) is 1.65. The highest BCUT2D eigenvalue weighted by Crippen LogP contribution is 2.44. The van der Waals surface area contributed by atoms with Crippen molar-refractivity contribution in [2.75, 3.05) is 23.8 Å². The van der Waals surface area contributed by atoms with Crippen LogP contribution in [0.25, 0.3) is 5.69 Å². The minimum absolute atomic E-state index is 0.0240. The summed E-state index contributed by atoms with van der Waals surface area (Å²) in [5.74, 6) is -0.0705. The number of hydrogen-bond acceptors (Lipinski definition) is 6. The van der Waals surface area contributed by atoms with Gasteiger partial charge in [0.25, 0.3) is 0 Å². The average Bonchev–Trinajstić information content (AvgIpc) is 3.53. The van der Waals surface area contributed by atoms with E-state index >= 15 is 0 Å². The molecule has 0 spiro atoms. The van der Waals surface area contributed by atoms with Crippen LogP contribution in [0.15, 0.2) is 47.6 Å². The molecule has 182 valence electrons. The van der Waals surface area contributed by atoms with Crippen molar-refractivity contribution in [2.24, 2.45) is 10.9 Å². The predicted molar refractivity (Wildman–Crippen MR) is 124 cm³/mol. The highest BCUT2D eigenvalue weighted by molar-refractivity contribution is 6.17. The van der Waals surface area contributed by atoms with Crippen LogP contribution in [0.4, 0.5) is 30.2 Å². The summed E-state index contributed by atoms with van der Waals surface area (Å²) in [6.45, 7) is 0.268. The first-order valence-corrected chi connectivity index (χ1v) is 11.2. The number of benzene rings is 2. The Hall–Kier alpha value is -3.73. The summed E-state index contributed by atoms with van der Waals surface area (Å²) in [6.07, 6.45) is -1.24. The third kappa shape index (κ3) is 4.76. The van der Waals surface area contributed by atoms with Gasteiger partial charge in [0.05, 0.1) is 58.9 Å². The van der Waals surface area contributed by atoms with E-state index in [-0.39, 0.29) is 30.1 Å². The van der Waals surface area contributed by atoms with Crippen molar-refractivity contribution in [3.8, 4) is 5.69 Å². The minimum Gasteiger partial charge on any atom is -0.390 e. The lowest BCUT2D eigenvalue weighted by Crippen LogP contribution is -2.24. The molecule has 1 saturated carbocycles. The molecule has 8 nitrogen and oxygen atoms in total. The molecule has 0 bridgehead atoms. The van der Waals surface area contributed by atoms with Crippen LogP contribution in [0.1, 0.15) is 36.1 Å². The standard InChI is InChI=1S/C24H23F3N6O2/c1-32(12-14-5-6-14)22-9-21-20(8-18(22)24(25,26)27)30-23(35)10-19(29-21)15-3-2-4-16(7-15)33-17(13-34)11-28-31-33/h2-4,7-9,11,14,34H,5-6,10,12-13H2,1H3,(H,30,35). The molecule has 0 radical (unpaired) electrons. The quantitative estimate of drug-likeness (QED) is 0.550. The monoisotopic (exact) mass is 484 g/mol. The zero-order valence-electron chi connectivity index (χ0n) is 18.9. The van der Waals surface area contributed by atoms with E-state index in [1.54, 1.807) is 36.2 Å². The number of carbonyl (C=O) groups is 1. The second kappa shape index (κ2) is 8.81. The van der Waals surface area contributed by atoms with Gasteiger partial charge in [0, 0.05) is 13.6 Å². The van der Waals surface area contributed by atoms with Crippen molar-refractivity contribution in [3.63, 3.8) is 0 Å². The summed E-state index contributed by atoms with van der Waals surface area (Å²) in [6, 6.07) is 9.40. The van der Waals surface area contributed by atoms with Crippen LogP contribution in [-0.2, 0) is 17.6 Å². The number of rotatable bonds is 6. The molecule has 2 aromatic carbocycles. The van der Waals surface area contributed by atoms with Gasteiger partial charge in [-0.15, -0.1) is 5.10 Å². The van der Waals surface area contributed by atoms with Crippen molar-refractivity contribution in [1.29, 1.82) is 0 Å². The van der Waals surface area contributed by atoms with Gasteiger partial charge in [0.15, 0.2) is 0 Å². The van der Waals surface area contributed by atoms with E-state index in [0.717, 1.165) is 18.9 Å². The molecule has 0 atom stereocenters. The van der Waals surface area contributed by atoms with Crippen LogP contribution in [-0.4, -0.2) is 45.3 Å². The third-order valence-corrected chi connectivity index (χ3v) is 6.12. The van der Waals surface area contributed by atoms with Crippen molar-refractivity contribution in [3.05, 3.63) is 59.4 Å². The number of nitrogens with one attached hydrogen (secondary N) is 1. The smallest absolute Gasteiger partial charge is 0.390 e. The first-order chi connectivity index (χ1) is 16.7. The maximum atomic E-state index is 13.9. The van der Waals surface area contributed by atoms with Gasteiger partial charge in [0.2, 0.25) is 5.91 Å². The number of alkyl halides is 3. The lowest BCUT2D eigenvalue weighted by molar-refractivity contribution is -0.137. The number of aromatic nitrogens is 3. The summed E-state index contributed by atoms with van der Waals surface area (Å²) < 4.78 is 43.2. The second-order valence-corrected chi connectivity index (χ2v) is 8.84. The van der Waals surface area contributed by atoms with Crippen LogP contribution in [0.2, 0.25) is 0 Å². The van der Waals surface area contributed by atoms with Gasteiger partial charge in [0.1, 0.15) is 0 Å². The maximum absolute atomic E-state index is 13.9. The first-order valence-electron chi connectivity index (χ1n) is 11.2. The van der Waals surface area contributed by atoms with E-state index in [0.29, 0.717) is 35.1 Å². The highest BCUT2D eigenvalue weighted by Gasteiger charge is 2.37. The number of hydrogen-bond donors (Lipinski definition) is 2. The van der Waals surface area contributed by atoms with E-state index in [1.165, 1.54) is 16.9 Å². The molecular formula is C24H23F3N6O2. The zero-order valence-corrected chi connectivity index (χ0v) is 18.9. The fourth-order valence-electron chi connectivity index (χ4n) is 4.20. The molecule has 0 saturated heterocycles. The van der Waals surface area contributed by atoms with E-state index < -0.39 is 17.6 Å². The van der Waals surface area contributed by atoms with Crippen molar-refractivity contribution in [1.82, 2.24) is 15.0 Å². The van der Waals surface area contributed by atoms with E-state index in [4.69, 9.17) is 0 Å². The largest absolute Gasteiger partial charge is 0.418 e. The molecular weight excluding hydrogens is 461 g/mol. The Morgan fingerprint density at radius 3 is 2.74 bits per heavy atom. The van der Waals surface area contributed by atoms with E-state index in [1.807, 2.05) is 0 Å². The Bertz CT molecular complexity index is 1310. The van der Waals surface area contributed by atoms with Gasteiger partial charge < -0.3 is 15.3 Å². The molecule has 35 heavy (non-hydrogen) atoms. The van der Waals surface area contributed by atoms with Gasteiger partial charge in [-0.2, -0.15) is 13.2 Å². The molecule has 1 aliphatic carbocycles. The number of aliphatic hydroxyl groups is 1. The van der Waals surface area contributed by atoms with Gasteiger partial charge in [-0.05, 0) is 48.6 Å². The third-order valence-electron chi connectivity index (χ3n) is 6.12. The normalized spacial score (nSPS) is 15.8. The van der Waals surface area contributed by atoms with Crippen LogP contribution in [0.5, 0.6) is 0 Å². The Morgan fingerprint density at radius 2 is 2.03 bits per heavy atom.